The molecule has 0 bridgehead atoms. The number of carboxylic acids is 1. The Balaban J connectivity index is 1.89. The van der Waals surface area contributed by atoms with Gasteiger partial charge in [-0.05, 0) is 86.5 Å². The Hall–Kier alpha value is -2.08. The Morgan fingerprint density at radius 2 is 1.94 bits per heavy atom. The molecule has 0 unspecified atom stereocenters. The summed E-state index contributed by atoms with van der Waals surface area (Å²) in [5, 5.41) is 20.6. The van der Waals surface area contributed by atoms with Gasteiger partial charge >= 0.3 is 12.1 Å². The number of aryl methyl sites for hydroxylation is 1. The van der Waals surface area contributed by atoms with Crippen molar-refractivity contribution in [2.45, 2.75) is 88.8 Å². The van der Waals surface area contributed by atoms with E-state index in [2.05, 4.69) is 12.2 Å². The van der Waals surface area contributed by atoms with E-state index in [0.29, 0.717) is 25.7 Å². The molecule has 0 fully saturated rings. The van der Waals surface area contributed by atoms with E-state index in [1.165, 1.54) is 5.57 Å². The molecule has 2 N–H and O–H groups in total. The summed E-state index contributed by atoms with van der Waals surface area (Å²) in [7, 11) is 0. The number of carbonyl (C=O) groups is 1. The molecule has 32 heavy (non-hydrogen) atoms. The molecule has 2 aliphatic carbocycles. The summed E-state index contributed by atoms with van der Waals surface area (Å²) in [6.45, 7) is 1.89. The van der Waals surface area contributed by atoms with Gasteiger partial charge in [0, 0.05) is 6.42 Å². The highest BCUT2D eigenvalue weighted by molar-refractivity contribution is 5.88. The Bertz CT molecular complexity index is 872. The van der Waals surface area contributed by atoms with E-state index in [0.717, 1.165) is 36.8 Å². The zero-order valence-corrected chi connectivity index (χ0v) is 18.6. The van der Waals surface area contributed by atoms with Gasteiger partial charge in [-0.1, -0.05) is 43.2 Å². The zero-order valence-electron chi connectivity index (χ0n) is 18.6. The van der Waals surface area contributed by atoms with Crippen LogP contribution in [0.2, 0.25) is 0 Å². The van der Waals surface area contributed by atoms with Gasteiger partial charge in [0.1, 0.15) is 0 Å². The number of carboxylic acid groups (broad SMARTS) is 1. The summed E-state index contributed by atoms with van der Waals surface area (Å²) in [6, 6.07) is 5.23. The van der Waals surface area contributed by atoms with E-state index in [-0.39, 0.29) is 23.8 Å². The van der Waals surface area contributed by atoms with Crippen molar-refractivity contribution in [1.82, 2.24) is 0 Å². The third-order valence-electron chi connectivity index (χ3n) is 6.96. The normalized spacial score (nSPS) is 22.7. The molecule has 1 aromatic carbocycles. The van der Waals surface area contributed by atoms with E-state index in [4.69, 9.17) is 0 Å². The Morgan fingerprint density at radius 3 is 2.56 bits per heavy atom. The molecule has 176 valence electrons. The predicted octanol–water partition coefficient (Wildman–Crippen LogP) is 6.96. The predicted molar refractivity (Wildman–Crippen MR) is 119 cm³/mol. The molecule has 2 aliphatic rings. The average molecular weight is 451 g/mol. The number of allylic oxidation sites excluding steroid dienone is 4. The Morgan fingerprint density at radius 1 is 1.16 bits per heavy atom. The van der Waals surface area contributed by atoms with Gasteiger partial charge in [0.05, 0.1) is 11.2 Å². The van der Waals surface area contributed by atoms with Crippen molar-refractivity contribution in [2.24, 2.45) is 5.92 Å². The second-order valence-electron chi connectivity index (χ2n) is 9.41. The van der Waals surface area contributed by atoms with E-state index < -0.39 is 24.2 Å². The number of aliphatic hydroxyl groups is 1. The van der Waals surface area contributed by atoms with Gasteiger partial charge in [0.15, 0.2) is 0 Å². The van der Waals surface area contributed by atoms with Crippen LogP contribution in [0.1, 0.15) is 92.1 Å². The van der Waals surface area contributed by atoms with Gasteiger partial charge in [-0.3, -0.25) is 0 Å². The van der Waals surface area contributed by atoms with Crippen molar-refractivity contribution < 1.29 is 28.2 Å². The van der Waals surface area contributed by atoms with Crippen LogP contribution < -0.4 is 0 Å². The molecule has 0 saturated carbocycles. The maximum absolute atomic E-state index is 12.9. The van der Waals surface area contributed by atoms with Gasteiger partial charge in [-0.2, -0.15) is 13.2 Å². The summed E-state index contributed by atoms with van der Waals surface area (Å²) in [5.74, 6) is -0.848. The summed E-state index contributed by atoms with van der Waals surface area (Å²) in [6.07, 6.45) is 6.18. The lowest BCUT2D eigenvalue weighted by Gasteiger charge is -2.40. The number of hydrogen-bond acceptors (Lipinski definition) is 2. The Labute approximate surface area is 188 Å². The van der Waals surface area contributed by atoms with Crippen LogP contribution in [0.25, 0.3) is 0 Å². The second kappa shape index (κ2) is 10.2. The first kappa shape index (κ1) is 24.6. The molecule has 3 rings (SSSR count). The van der Waals surface area contributed by atoms with Crippen molar-refractivity contribution in [3.63, 3.8) is 0 Å². The number of fused-ring (bicyclic) bond motifs is 1. The highest BCUT2D eigenvalue weighted by atomic mass is 19.4. The maximum Gasteiger partial charge on any atom is 0.389 e. The monoisotopic (exact) mass is 450 g/mol. The first-order chi connectivity index (χ1) is 15.1. The molecule has 0 spiro atoms. The topological polar surface area (TPSA) is 57.5 Å². The van der Waals surface area contributed by atoms with Crippen molar-refractivity contribution in [2.75, 3.05) is 0 Å². The number of hydrogen-bond donors (Lipinski definition) is 2. The molecule has 0 saturated heterocycles. The van der Waals surface area contributed by atoms with Crippen LogP contribution in [0, 0.1) is 5.92 Å². The minimum absolute atomic E-state index is 0.0507. The minimum Gasteiger partial charge on any atom is -0.478 e. The molecule has 0 aromatic heterocycles. The van der Waals surface area contributed by atoms with Gasteiger partial charge in [-0.15, -0.1) is 0 Å². The second-order valence-corrected chi connectivity index (χ2v) is 9.41. The lowest BCUT2D eigenvalue weighted by molar-refractivity contribution is -0.149. The lowest BCUT2D eigenvalue weighted by atomic mass is 9.67. The number of aromatic carboxylic acids is 1. The van der Waals surface area contributed by atoms with Gasteiger partial charge in [-0.25, -0.2) is 4.79 Å². The van der Waals surface area contributed by atoms with Crippen LogP contribution in [0.5, 0.6) is 0 Å². The fourth-order valence-corrected chi connectivity index (χ4v) is 5.40. The molecule has 0 aliphatic heterocycles. The maximum atomic E-state index is 12.9. The molecule has 0 heterocycles. The fourth-order valence-electron chi connectivity index (χ4n) is 5.40. The number of benzene rings is 1. The highest BCUT2D eigenvalue weighted by Crippen LogP contribution is 2.46. The third kappa shape index (κ3) is 6.47. The molecule has 0 radical (unpaired) electrons. The van der Waals surface area contributed by atoms with E-state index in [1.807, 2.05) is 19.1 Å². The number of rotatable bonds is 9. The van der Waals surface area contributed by atoms with Gasteiger partial charge < -0.3 is 10.2 Å². The highest BCUT2D eigenvalue weighted by Gasteiger charge is 2.39. The van der Waals surface area contributed by atoms with E-state index in [9.17, 15) is 28.2 Å². The lowest BCUT2D eigenvalue weighted by Crippen LogP contribution is -2.36. The summed E-state index contributed by atoms with van der Waals surface area (Å²) in [4.78, 5) is 11.4. The number of halogens is 3. The summed E-state index contributed by atoms with van der Waals surface area (Å²) >= 11 is 0. The van der Waals surface area contributed by atoms with E-state index in [1.54, 1.807) is 12.1 Å². The van der Waals surface area contributed by atoms with Crippen molar-refractivity contribution in [1.29, 1.82) is 0 Å². The average Bonchev–Trinajstić information content (AvgIpc) is 2.74. The van der Waals surface area contributed by atoms with Crippen LogP contribution >= 0.6 is 0 Å². The van der Waals surface area contributed by atoms with Gasteiger partial charge in [0.2, 0.25) is 0 Å². The molecule has 0 amide bonds. The van der Waals surface area contributed by atoms with Crippen LogP contribution in [-0.4, -0.2) is 28.0 Å². The van der Waals surface area contributed by atoms with Crippen molar-refractivity contribution in [3.05, 3.63) is 58.7 Å². The first-order valence-corrected chi connectivity index (χ1v) is 11.6. The quantitative estimate of drug-likeness (QED) is 0.427. The first-order valence-electron chi connectivity index (χ1n) is 11.6. The third-order valence-corrected chi connectivity index (χ3v) is 6.96. The van der Waals surface area contributed by atoms with Crippen molar-refractivity contribution >= 4 is 5.97 Å². The summed E-state index contributed by atoms with van der Waals surface area (Å²) in [5.41, 5.74) is 2.30. The zero-order chi connectivity index (χ0) is 23.4. The standard InChI is InChI=1S/C26H33F3O3/c1-2-12-25(32,13-14-26(27,28)29)17-21-9-8-19-16-20(24(30)31)10-11-22(19)23(21)15-18-6-4-3-5-7-18/h3-4,6,10-11,16,21,23,32H,2,5,7-9,12-15,17H2,1H3,(H,30,31)/t21-,23+,25+/m1/s1. The Kier molecular flexibility index (Phi) is 7.86. The smallest absolute Gasteiger partial charge is 0.389 e. The van der Waals surface area contributed by atoms with Gasteiger partial charge in [0.25, 0.3) is 0 Å². The molecular formula is C26H33F3O3. The van der Waals surface area contributed by atoms with Crippen LogP contribution in [0.3, 0.4) is 0 Å². The summed E-state index contributed by atoms with van der Waals surface area (Å²) < 4.78 is 38.8. The minimum atomic E-state index is -4.28. The molecule has 3 atom stereocenters. The van der Waals surface area contributed by atoms with E-state index >= 15 is 0 Å². The molecule has 6 heteroatoms. The largest absolute Gasteiger partial charge is 0.478 e. The molecule has 3 nitrogen and oxygen atoms in total. The van der Waals surface area contributed by atoms with Crippen molar-refractivity contribution in [3.8, 4) is 0 Å². The molecule has 1 aromatic rings. The van der Waals surface area contributed by atoms with Crippen LogP contribution in [0.4, 0.5) is 13.2 Å². The van der Waals surface area contributed by atoms with Crippen LogP contribution in [-0.2, 0) is 6.42 Å². The number of alkyl halides is 3. The van der Waals surface area contributed by atoms with Crippen LogP contribution in [0.15, 0.2) is 42.0 Å². The SMILES string of the molecule is CCC[C@](O)(CCC(F)(F)F)C[C@H]1CCc2cc(C(=O)O)ccc2[C@H]1CC1=CC=CCC1. The molecular weight excluding hydrogens is 417 g/mol. The fraction of sp³-hybridized carbons (Fsp3) is 0.577.